The van der Waals surface area contributed by atoms with Crippen molar-refractivity contribution in [3.05, 3.63) is 60.2 Å². The summed E-state index contributed by atoms with van der Waals surface area (Å²) in [4.78, 5) is 26.9. The number of nitrogens with zero attached hydrogens (tertiary/aromatic N) is 1. The van der Waals surface area contributed by atoms with Crippen molar-refractivity contribution < 1.29 is 14.3 Å². The van der Waals surface area contributed by atoms with Crippen LogP contribution in [-0.4, -0.2) is 36.5 Å². The van der Waals surface area contributed by atoms with E-state index in [-0.39, 0.29) is 17.8 Å². The standard InChI is InChI=1S/C21H23NO3/c1-2-25-21(24)17-11-8-14-22(15-17)20(23)19-13-7-6-12-18(19)16-9-4-3-5-10-16/h3-7,9-10,12-13,17H,2,8,11,14-15H2,1H3. The summed E-state index contributed by atoms with van der Waals surface area (Å²) < 4.78 is 5.13. The maximum absolute atomic E-state index is 13.1. The molecular formula is C21H23NO3. The Morgan fingerprint density at radius 2 is 1.80 bits per heavy atom. The average Bonchev–Trinajstić information content (AvgIpc) is 2.68. The monoisotopic (exact) mass is 337 g/mol. The molecule has 0 saturated carbocycles. The van der Waals surface area contributed by atoms with Gasteiger partial charge >= 0.3 is 5.97 Å². The van der Waals surface area contributed by atoms with E-state index in [4.69, 9.17) is 4.74 Å². The Hall–Kier alpha value is -2.62. The van der Waals surface area contributed by atoms with Crippen LogP contribution in [0.4, 0.5) is 0 Å². The van der Waals surface area contributed by atoms with Crippen LogP contribution in [0.25, 0.3) is 11.1 Å². The molecule has 4 heteroatoms. The van der Waals surface area contributed by atoms with Crippen LogP contribution in [0.3, 0.4) is 0 Å². The summed E-state index contributed by atoms with van der Waals surface area (Å²) in [6.07, 6.45) is 1.60. The zero-order valence-corrected chi connectivity index (χ0v) is 14.5. The molecule has 0 aliphatic carbocycles. The molecule has 1 unspecified atom stereocenters. The highest BCUT2D eigenvalue weighted by Gasteiger charge is 2.30. The second kappa shape index (κ2) is 7.97. The number of rotatable bonds is 4. The molecule has 0 bridgehead atoms. The molecule has 1 heterocycles. The molecular weight excluding hydrogens is 314 g/mol. The minimum Gasteiger partial charge on any atom is -0.466 e. The summed E-state index contributed by atoms with van der Waals surface area (Å²) in [7, 11) is 0. The summed E-state index contributed by atoms with van der Waals surface area (Å²) in [5, 5.41) is 0. The van der Waals surface area contributed by atoms with Gasteiger partial charge in [0.05, 0.1) is 12.5 Å². The maximum atomic E-state index is 13.1. The molecule has 1 aliphatic rings. The first-order valence-corrected chi connectivity index (χ1v) is 8.81. The second-order valence-electron chi connectivity index (χ2n) is 6.25. The van der Waals surface area contributed by atoms with Crippen molar-refractivity contribution in [2.45, 2.75) is 19.8 Å². The fraction of sp³-hybridized carbons (Fsp3) is 0.333. The van der Waals surface area contributed by atoms with Crippen molar-refractivity contribution >= 4 is 11.9 Å². The van der Waals surface area contributed by atoms with Crippen molar-refractivity contribution in [1.29, 1.82) is 0 Å². The Balaban J connectivity index is 1.83. The van der Waals surface area contributed by atoms with Gasteiger partial charge in [0.25, 0.3) is 5.91 Å². The number of piperidine rings is 1. The third kappa shape index (κ3) is 3.90. The molecule has 2 aromatic carbocycles. The Morgan fingerprint density at radius 1 is 1.08 bits per heavy atom. The quantitative estimate of drug-likeness (QED) is 0.798. The van der Waals surface area contributed by atoms with Crippen LogP contribution in [0.15, 0.2) is 54.6 Å². The van der Waals surface area contributed by atoms with Gasteiger partial charge in [-0.15, -0.1) is 0 Å². The Labute approximate surface area is 148 Å². The van der Waals surface area contributed by atoms with E-state index in [2.05, 4.69) is 0 Å². The molecule has 2 aromatic rings. The molecule has 4 nitrogen and oxygen atoms in total. The number of hydrogen-bond donors (Lipinski definition) is 0. The topological polar surface area (TPSA) is 46.6 Å². The van der Waals surface area contributed by atoms with Gasteiger partial charge in [0.1, 0.15) is 0 Å². The molecule has 3 rings (SSSR count). The second-order valence-corrected chi connectivity index (χ2v) is 6.25. The predicted molar refractivity (Wildman–Crippen MR) is 97.1 cm³/mol. The van der Waals surface area contributed by atoms with Gasteiger partial charge in [-0.2, -0.15) is 0 Å². The lowest BCUT2D eigenvalue weighted by molar-refractivity contribution is -0.149. The Morgan fingerprint density at radius 3 is 2.56 bits per heavy atom. The zero-order valence-electron chi connectivity index (χ0n) is 14.5. The molecule has 0 radical (unpaired) electrons. The van der Waals surface area contributed by atoms with Gasteiger partial charge in [-0.3, -0.25) is 9.59 Å². The van der Waals surface area contributed by atoms with Crippen LogP contribution < -0.4 is 0 Å². The first kappa shape index (κ1) is 17.2. The lowest BCUT2D eigenvalue weighted by atomic mass is 9.95. The number of likely N-dealkylation sites (tertiary alicyclic amines) is 1. The van der Waals surface area contributed by atoms with E-state index in [0.717, 1.165) is 24.0 Å². The number of benzene rings is 2. The Bertz CT molecular complexity index is 742. The predicted octanol–water partition coefficient (Wildman–Crippen LogP) is 3.77. The number of carbonyl (C=O) groups is 2. The summed E-state index contributed by atoms with van der Waals surface area (Å²) in [6.45, 7) is 3.29. The lowest BCUT2D eigenvalue weighted by Gasteiger charge is -2.32. The van der Waals surface area contributed by atoms with Gasteiger partial charge in [0.2, 0.25) is 0 Å². The summed E-state index contributed by atoms with van der Waals surface area (Å²) >= 11 is 0. The molecule has 0 N–H and O–H groups in total. The number of ether oxygens (including phenoxy) is 1. The van der Waals surface area contributed by atoms with Crippen molar-refractivity contribution in [2.24, 2.45) is 5.92 Å². The molecule has 0 aromatic heterocycles. The first-order valence-electron chi connectivity index (χ1n) is 8.81. The highest BCUT2D eigenvalue weighted by atomic mass is 16.5. The minimum atomic E-state index is -0.221. The van der Waals surface area contributed by atoms with Crippen molar-refractivity contribution in [3.63, 3.8) is 0 Å². The molecule has 1 aliphatic heterocycles. The summed E-state index contributed by atoms with van der Waals surface area (Å²) in [5.41, 5.74) is 2.62. The Kier molecular flexibility index (Phi) is 5.49. The average molecular weight is 337 g/mol. The molecule has 1 amide bonds. The maximum Gasteiger partial charge on any atom is 0.310 e. The highest BCUT2D eigenvalue weighted by molar-refractivity contribution is 6.01. The van der Waals surface area contributed by atoms with E-state index in [9.17, 15) is 9.59 Å². The van der Waals surface area contributed by atoms with E-state index in [0.29, 0.717) is 25.3 Å². The molecule has 130 valence electrons. The zero-order chi connectivity index (χ0) is 17.6. The highest BCUT2D eigenvalue weighted by Crippen LogP contribution is 2.26. The third-order valence-electron chi connectivity index (χ3n) is 4.57. The van der Waals surface area contributed by atoms with Gasteiger partial charge in [-0.05, 0) is 37.0 Å². The number of esters is 1. The van der Waals surface area contributed by atoms with Gasteiger partial charge in [-0.25, -0.2) is 0 Å². The van der Waals surface area contributed by atoms with Crippen LogP contribution >= 0.6 is 0 Å². The first-order chi connectivity index (χ1) is 12.2. The molecule has 1 fully saturated rings. The SMILES string of the molecule is CCOC(=O)C1CCCN(C(=O)c2ccccc2-c2ccccc2)C1. The van der Waals surface area contributed by atoms with Crippen LogP contribution in [-0.2, 0) is 9.53 Å². The number of hydrogen-bond acceptors (Lipinski definition) is 3. The normalized spacial score (nSPS) is 17.2. The van der Waals surface area contributed by atoms with Crippen molar-refractivity contribution in [2.75, 3.05) is 19.7 Å². The smallest absolute Gasteiger partial charge is 0.310 e. The number of amides is 1. The van der Waals surface area contributed by atoms with E-state index in [1.54, 1.807) is 11.8 Å². The van der Waals surface area contributed by atoms with Crippen LogP contribution in [0, 0.1) is 5.92 Å². The van der Waals surface area contributed by atoms with Gasteiger partial charge < -0.3 is 9.64 Å². The molecule has 1 atom stereocenters. The fourth-order valence-electron chi connectivity index (χ4n) is 3.32. The fourth-order valence-corrected chi connectivity index (χ4v) is 3.32. The van der Waals surface area contributed by atoms with Crippen molar-refractivity contribution in [3.8, 4) is 11.1 Å². The van der Waals surface area contributed by atoms with E-state index in [1.165, 1.54) is 0 Å². The summed E-state index contributed by atoms with van der Waals surface area (Å²) in [5.74, 6) is -0.439. The van der Waals surface area contributed by atoms with Gasteiger partial charge in [-0.1, -0.05) is 48.5 Å². The van der Waals surface area contributed by atoms with Gasteiger partial charge in [0.15, 0.2) is 0 Å². The largest absolute Gasteiger partial charge is 0.466 e. The van der Waals surface area contributed by atoms with Gasteiger partial charge in [0, 0.05) is 18.7 Å². The van der Waals surface area contributed by atoms with Crippen LogP contribution in [0.1, 0.15) is 30.1 Å². The summed E-state index contributed by atoms with van der Waals surface area (Å²) in [6, 6.07) is 17.6. The van der Waals surface area contributed by atoms with Crippen LogP contribution in [0.5, 0.6) is 0 Å². The van der Waals surface area contributed by atoms with Crippen LogP contribution in [0.2, 0.25) is 0 Å². The van der Waals surface area contributed by atoms with E-state index in [1.807, 2.05) is 54.6 Å². The lowest BCUT2D eigenvalue weighted by Crippen LogP contribution is -2.43. The van der Waals surface area contributed by atoms with E-state index < -0.39 is 0 Å². The molecule has 1 saturated heterocycles. The molecule has 25 heavy (non-hydrogen) atoms. The minimum absolute atomic E-state index is 0.0200. The van der Waals surface area contributed by atoms with E-state index >= 15 is 0 Å². The third-order valence-corrected chi connectivity index (χ3v) is 4.57. The van der Waals surface area contributed by atoms with Crippen molar-refractivity contribution in [1.82, 2.24) is 4.90 Å². The number of carbonyl (C=O) groups excluding carboxylic acids is 2. The molecule has 0 spiro atoms.